The largest absolute Gasteiger partial charge is 0.478 e. The summed E-state index contributed by atoms with van der Waals surface area (Å²) in [6.07, 6.45) is 7.38. The fourth-order valence-electron chi connectivity index (χ4n) is 2.96. The molecule has 2 aromatic rings. The molecule has 0 radical (unpaired) electrons. The summed E-state index contributed by atoms with van der Waals surface area (Å²) in [4.78, 5) is 16.9. The van der Waals surface area contributed by atoms with E-state index in [1.54, 1.807) is 6.92 Å². The van der Waals surface area contributed by atoms with Crippen LogP contribution in [0.5, 0.6) is 0 Å². The minimum Gasteiger partial charge on any atom is -0.478 e. The first-order valence-corrected chi connectivity index (χ1v) is 9.83. The Morgan fingerprint density at radius 1 is 1.18 bits per heavy atom. The highest BCUT2D eigenvalue weighted by Crippen LogP contribution is 2.22. The monoisotopic (exact) mass is 378 g/mol. The molecule has 0 saturated carbocycles. The summed E-state index contributed by atoms with van der Waals surface area (Å²) in [6.45, 7) is 10.6. The maximum Gasteiger partial charge on any atom is 0.330 e. The third kappa shape index (κ3) is 6.78. The van der Waals surface area contributed by atoms with Gasteiger partial charge in [0.1, 0.15) is 0 Å². The molecular formula is C24H30N2O2. The molecule has 3 rings (SSSR count). The number of hydrogen-bond donors (Lipinski definition) is 1. The molecule has 0 atom stereocenters. The van der Waals surface area contributed by atoms with Crippen molar-refractivity contribution in [2.24, 2.45) is 0 Å². The molecule has 1 N–H and O–H groups in total. The number of aliphatic carboxylic acids is 1. The average molecular weight is 379 g/mol. The molecule has 1 aromatic carbocycles. The summed E-state index contributed by atoms with van der Waals surface area (Å²) in [5.41, 5.74) is 5.10. The summed E-state index contributed by atoms with van der Waals surface area (Å²) >= 11 is 0. The minimum absolute atomic E-state index is 0.264. The number of hydrogen-bond acceptors (Lipinski definition) is 3. The Bertz CT molecular complexity index is 789. The van der Waals surface area contributed by atoms with E-state index in [0.717, 1.165) is 12.2 Å². The molecule has 1 saturated heterocycles. The first-order valence-electron chi connectivity index (χ1n) is 9.83. The normalized spacial score (nSPS) is 14.3. The van der Waals surface area contributed by atoms with E-state index >= 15 is 0 Å². The van der Waals surface area contributed by atoms with Gasteiger partial charge in [-0.25, -0.2) is 4.79 Å². The number of nitrogens with zero attached hydrogens (tertiary/aromatic N) is 2. The highest BCUT2D eigenvalue weighted by atomic mass is 16.4. The molecule has 1 aliphatic heterocycles. The standard InChI is InChI=1S/C19H22N2.C5H8O2/c1-16-7-9-17(10-8-16)18(19-6-2-3-12-20-19)11-15-21-13-4-5-14-21;1-3-4(2)5(6)7/h2-3,6-12H,4-5,13-15H2,1H3;2-3H2,1H3,(H,6,7)/b18-11-;. The van der Waals surface area contributed by atoms with Crippen LogP contribution in [-0.4, -0.2) is 40.6 Å². The lowest BCUT2D eigenvalue weighted by atomic mass is 10.0. The van der Waals surface area contributed by atoms with Crippen LogP contribution in [0.25, 0.3) is 5.57 Å². The van der Waals surface area contributed by atoms with Crippen molar-refractivity contribution in [2.75, 3.05) is 19.6 Å². The number of benzene rings is 1. The van der Waals surface area contributed by atoms with Crippen molar-refractivity contribution in [2.45, 2.75) is 33.1 Å². The van der Waals surface area contributed by atoms with Crippen LogP contribution in [0.4, 0.5) is 0 Å². The van der Waals surface area contributed by atoms with Crippen LogP contribution in [-0.2, 0) is 4.79 Å². The molecule has 0 spiro atoms. The van der Waals surface area contributed by atoms with Crippen molar-refractivity contribution in [1.82, 2.24) is 9.88 Å². The van der Waals surface area contributed by atoms with Gasteiger partial charge in [0.05, 0.1) is 5.69 Å². The van der Waals surface area contributed by atoms with Crippen LogP contribution < -0.4 is 0 Å². The highest BCUT2D eigenvalue weighted by Gasteiger charge is 2.11. The number of carbonyl (C=O) groups is 1. The summed E-state index contributed by atoms with van der Waals surface area (Å²) in [5, 5.41) is 8.08. The first kappa shape index (κ1) is 21.6. The molecule has 4 nitrogen and oxygen atoms in total. The molecular weight excluding hydrogens is 348 g/mol. The molecule has 2 heterocycles. The summed E-state index contributed by atoms with van der Waals surface area (Å²) in [6, 6.07) is 14.8. The van der Waals surface area contributed by atoms with Crippen LogP contribution in [0.1, 0.15) is 43.0 Å². The van der Waals surface area contributed by atoms with E-state index in [0.29, 0.717) is 6.42 Å². The van der Waals surface area contributed by atoms with Gasteiger partial charge in [-0.15, -0.1) is 0 Å². The zero-order valence-electron chi connectivity index (χ0n) is 16.9. The SMILES string of the molecule is C=C(CC)C(=O)O.Cc1ccc(/C(=C/CN2CCCC2)c2ccccn2)cc1. The molecule has 0 bridgehead atoms. The minimum atomic E-state index is -0.900. The lowest BCUT2D eigenvalue weighted by Crippen LogP contribution is -2.19. The van der Waals surface area contributed by atoms with Crippen molar-refractivity contribution < 1.29 is 9.90 Å². The first-order chi connectivity index (χ1) is 13.5. The second-order valence-electron chi connectivity index (χ2n) is 6.97. The number of aryl methyl sites for hydroxylation is 1. The third-order valence-electron chi connectivity index (χ3n) is 4.78. The number of rotatable bonds is 6. The number of aromatic nitrogens is 1. The molecule has 1 aromatic heterocycles. The van der Waals surface area contributed by atoms with Crippen LogP contribution in [0.3, 0.4) is 0 Å². The van der Waals surface area contributed by atoms with Crippen LogP contribution in [0, 0.1) is 6.92 Å². The predicted octanol–water partition coefficient (Wildman–Crippen LogP) is 4.95. The second kappa shape index (κ2) is 11.2. The van der Waals surface area contributed by atoms with Crippen LogP contribution in [0.15, 0.2) is 66.9 Å². The van der Waals surface area contributed by atoms with Crippen molar-refractivity contribution in [1.29, 1.82) is 0 Å². The van der Waals surface area contributed by atoms with E-state index in [9.17, 15) is 4.79 Å². The topological polar surface area (TPSA) is 53.4 Å². The lowest BCUT2D eigenvalue weighted by molar-refractivity contribution is -0.132. The molecule has 1 aliphatic rings. The van der Waals surface area contributed by atoms with E-state index < -0.39 is 5.97 Å². The van der Waals surface area contributed by atoms with Gasteiger partial charge in [-0.3, -0.25) is 9.88 Å². The number of carboxylic acid groups (broad SMARTS) is 1. The Balaban J connectivity index is 0.000000345. The fraction of sp³-hybridized carbons (Fsp3) is 0.333. The van der Waals surface area contributed by atoms with Crippen molar-refractivity contribution >= 4 is 11.5 Å². The van der Waals surface area contributed by atoms with Gasteiger partial charge in [-0.1, -0.05) is 55.5 Å². The Morgan fingerprint density at radius 2 is 1.86 bits per heavy atom. The van der Waals surface area contributed by atoms with Gasteiger partial charge in [0.15, 0.2) is 0 Å². The molecule has 0 amide bonds. The molecule has 28 heavy (non-hydrogen) atoms. The Morgan fingerprint density at radius 3 is 2.36 bits per heavy atom. The van der Waals surface area contributed by atoms with Gasteiger partial charge in [0.2, 0.25) is 0 Å². The second-order valence-corrected chi connectivity index (χ2v) is 6.97. The number of pyridine rings is 1. The van der Waals surface area contributed by atoms with E-state index in [-0.39, 0.29) is 5.57 Å². The average Bonchev–Trinajstić information content (AvgIpc) is 3.23. The molecule has 0 aliphatic carbocycles. The quantitative estimate of drug-likeness (QED) is 0.722. The Kier molecular flexibility index (Phi) is 8.63. The van der Waals surface area contributed by atoms with E-state index in [1.165, 1.54) is 42.6 Å². The maximum absolute atomic E-state index is 9.83. The van der Waals surface area contributed by atoms with Gasteiger partial charge >= 0.3 is 5.97 Å². The number of likely N-dealkylation sites (tertiary alicyclic amines) is 1. The van der Waals surface area contributed by atoms with Gasteiger partial charge in [0.25, 0.3) is 0 Å². The molecule has 4 heteroatoms. The molecule has 148 valence electrons. The van der Waals surface area contributed by atoms with Crippen molar-refractivity contribution in [3.05, 3.63) is 83.7 Å². The fourth-order valence-corrected chi connectivity index (χ4v) is 2.96. The molecule has 0 unspecified atom stereocenters. The Hall–Kier alpha value is -2.72. The van der Waals surface area contributed by atoms with Crippen molar-refractivity contribution in [3.8, 4) is 0 Å². The predicted molar refractivity (Wildman–Crippen MR) is 115 cm³/mol. The lowest BCUT2D eigenvalue weighted by Gasteiger charge is -2.14. The van der Waals surface area contributed by atoms with Gasteiger partial charge in [-0.2, -0.15) is 0 Å². The van der Waals surface area contributed by atoms with Crippen LogP contribution >= 0.6 is 0 Å². The van der Waals surface area contributed by atoms with E-state index in [4.69, 9.17) is 5.11 Å². The van der Waals surface area contributed by atoms with Crippen molar-refractivity contribution in [3.63, 3.8) is 0 Å². The maximum atomic E-state index is 9.83. The third-order valence-corrected chi connectivity index (χ3v) is 4.78. The van der Waals surface area contributed by atoms with Crippen LogP contribution in [0.2, 0.25) is 0 Å². The zero-order chi connectivity index (χ0) is 20.4. The Labute approximate surface area is 168 Å². The van der Waals surface area contributed by atoms with Gasteiger partial charge in [-0.05, 0) is 57.0 Å². The summed E-state index contributed by atoms with van der Waals surface area (Å²) in [7, 11) is 0. The molecule has 1 fully saturated rings. The number of carboxylic acids is 1. The van der Waals surface area contributed by atoms with E-state index in [2.05, 4.69) is 65.9 Å². The highest BCUT2D eigenvalue weighted by molar-refractivity contribution is 5.85. The summed E-state index contributed by atoms with van der Waals surface area (Å²) < 4.78 is 0. The summed E-state index contributed by atoms with van der Waals surface area (Å²) in [5.74, 6) is -0.900. The zero-order valence-corrected chi connectivity index (χ0v) is 16.9. The van der Waals surface area contributed by atoms with Gasteiger partial charge < -0.3 is 5.11 Å². The van der Waals surface area contributed by atoms with E-state index in [1.807, 2.05) is 12.3 Å². The smallest absolute Gasteiger partial charge is 0.330 e. The van der Waals surface area contributed by atoms with Gasteiger partial charge in [0, 0.05) is 23.9 Å².